The van der Waals surface area contributed by atoms with Crippen LogP contribution in [0.2, 0.25) is 0 Å². The van der Waals surface area contributed by atoms with Crippen LogP contribution in [0.5, 0.6) is 0 Å². The Morgan fingerprint density at radius 3 is 1.91 bits per heavy atom. The van der Waals surface area contributed by atoms with Gasteiger partial charge in [0, 0.05) is 0 Å². The normalized spacial score (nSPS) is 11.4. The van der Waals surface area contributed by atoms with Gasteiger partial charge in [0.15, 0.2) is 0 Å². The second-order valence-electron chi connectivity index (χ2n) is 8.72. The lowest BCUT2D eigenvalue weighted by molar-refractivity contribution is 1.47. The molecular weight excluding hydrogens is 384 g/mol. The molecule has 0 heteroatoms. The number of hydrogen-bond acceptors (Lipinski definition) is 0. The first kappa shape index (κ1) is 18.8. The maximum absolute atomic E-state index is 2.34. The van der Waals surface area contributed by atoms with Crippen LogP contribution in [-0.2, 0) is 0 Å². The minimum absolute atomic E-state index is 1.27. The van der Waals surface area contributed by atoms with E-state index < -0.39 is 0 Å². The van der Waals surface area contributed by atoms with Crippen molar-refractivity contribution in [2.45, 2.75) is 13.8 Å². The first-order chi connectivity index (χ1) is 15.7. The van der Waals surface area contributed by atoms with Crippen molar-refractivity contribution in [1.29, 1.82) is 0 Å². The highest BCUT2D eigenvalue weighted by Crippen LogP contribution is 2.42. The Labute approximate surface area is 188 Å². The van der Waals surface area contributed by atoms with E-state index in [1.54, 1.807) is 0 Å². The highest BCUT2D eigenvalue weighted by Gasteiger charge is 2.15. The van der Waals surface area contributed by atoms with Gasteiger partial charge in [-0.25, -0.2) is 0 Å². The van der Waals surface area contributed by atoms with Gasteiger partial charge >= 0.3 is 0 Å². The molecule has 0 unspecified atom stereocenters. The van der Waals surface area contributed by atoms with Gasteiger partial charge in [0.1, 0.15) is 0 Å². The predicted octanol–water partition coefficient (Wildman–Crippen LogP) is 9.10. The van der Waals surface area contributed by atoms with Crippen molar-refractivity contribution in [1.82, 2.24) is 0 Å². The molecule has 0 saturated heterocycles. The molecule has 0 nitrogen and oxygen atoms in total. The monoisotopic (exact) mass is 408 g/mol. The number of benzene rings is 6. The van der Waals surface area contributed by atoms with E-state index in [0.717, 1.165) is 0 Å². The second kappa shape index (κ2) is 7.35. The van der Waals surface area contributed by atoms with E-state index in [1.807, 2.05) is 0 Å². The van der Waals surface area contributed by atoms with E-state index in [4.69, 9.17) is 0 Å². The molecule has 6 rings (SSSR count). The highest BCUT2D eigenvalue weighted by molar-refractivity contribution is 6.18. The Morgan fingerprint density at radius 1 is 0.438 bits per heavy atom. The van der Waals surface area contributed by atoms with Gasteiger partial charge in [0.05, 0.1) is 0 Å². The van der Waals surface area contributed by atoms with Crippen molar-refractivity contribution in [3.05, 3.63) is 120 Å². The number of fused-ring (bicyclic) bond motifs is 3. The molecule has 0 spiro atoms. The summed E-state index contributed by atoms with van der Waals surface area (Å²) in [4.78, 5) is 0. The van der Waals surface area contributed by atoms with Gasteiger partial charge in [0.25, 0.3) is 0 Å². The van der Waals surface area contributed by atoms with Crippen LogP contribution in [0.4, 0.5) is 0 Å². The summed E-state index contributed by atoms with van der Waals surface area (Å²) in [6, 6.07) is 40.0. The molecule has 0 atom stereocenters. The molecule has 32 heavy (non-hydrogen) atoms. The summed E-state index contributed by atoms with van der Waals surface area (Å²) in [6.07, 6.45) is 0. The molecule has 6 aromatic rings. The average molecular weight is 409 g/mol. The van der Waals surface area contributed by atoms with Crippen LogP contribution >= 0.6 is 0 Å². The summed E-state index contributed by atoms with van der Waals surface area (Å²) in [5.41, 5.74) is 7.78. The molecule has 0 aromatic heterocycles. The third kappa shape index (κ3) is 2.92. The first-order valence-corrected chi connectivity index (χ1v) is 11.2. The lowest BCUT2D eigenvalue weighted by Gasteiger charge is -2.17. The van der Waals surface area contributed by atoms with Crippen LogP contribution in [0.15, 0.2) is 109 Å². The average Bonchev–Trinajstić information content (AvgIpc) is 2.83. The van der Waals surface area contributed by atoms with Gasteiger partial charge in [0.2, 0.25) is 0 Å². The molecular formula is C32H24. The Morgan fingerprint density at radius 2 is 1.09 bits per heavy atom. The van der Waals surface area contributed by atoms with Crippen molar-refractivity contribution in [2.24, 2.45) is 0 Å². The number of aryl methyl sites for hydroxylation is 2. The van der Waals surface area contributed by atoms with Gasteiger partial charge in [-0.1, -0.05) is 109 Å². The second-order valence-corrected chi connectivity index (χ2v) is 8.72. The van der Waals surface area contributed by atoms with Gasteiger partial charge in [-0.15, -0.1) is 0 Å². The third-order valence-electron chi connectivity index (χ3n) is 6.65. The largest absolute Gasteiger partial charge is 0.0616 e. The smallest absolute Gasteiger partial charge is 0.00205 e. The third-order valence-corrected chi connectivity index (χ3v) is 6.65. The minimum Gasteiger partial charge on any atom is -0.0616 e. The number of rotatable bonds is 2. The highest BCUT2D eigenvalue weighted by atomic mass is 14.2. The Balaban J connectivity index is 1.75. The fraction of sp³-hybridized carbons (Fsp3) is 0.0625. The van der Waals surface area contributed by atoms with Gasteiger partial charge in [-0.3, -0.25) is 0 Å². The van der Waals surface area contributed by atoms with Crippen LogP contribution in [0.1, 0.15) is 11.1 Å². The molecule has 0 radical (unpaired) electrons. The summed E-state index contributed by atoms with van der Waals surface area (Å²) >= 11 is 0. The summed E-state index contributed by atoms with van der Waals surface area (Å²) in [6.45, 7) is 4.37. The van der Waals surface area contributed by atoms with E-state index in [0.29, 0.717) is 0 Å². The molecule has 0 aliphatic heterocycles. The molecule has 152 valence electrons. The molecule has 0 bridgehead atoms. The van der Waals surface area contributed by atoms with Crippen LogP contribution in [0.3, 0.4) is 0 Å². The summed E-state index contributed by atoms with van der Waals surface area (Å²) in [5, 5.41) is 7.83. The Kier molecular flexibility index (Phi) is 4.33. The van der Waals surface area contributed by atoms with Crippen molar-refractivity contribution in [2.75, 3.05) is 0 Å². The molecule has 0 aliphatic carbocycles. The lowest BCUT2D eigenvalue weighted by Crippen LogP contribution is -1.90. The SMILES string of the molecule is Cc1cccc(-c2ccc(-c3c4ccccc4cc4c(C)cccc34)c3ccccc23)c1. The van der Waals surface area contributed by atoms with E-state index in [-0.39, 0.29) is 0 Å². The molecule has 0 heterocycles. The van der Waals surface area contributed by atoms with Crippen molar-refractivity contribution < 1.29 is 0 Å². The maximum atomic E-state index is 2.34. The number of hydrogen-bond donors (Lipinski definition) is 0. The maximum Gasteiger partial charge on any atom is -0.00205 e. The molecule has 6 aromatic carbocycles. The van der Waals surface area contributed by atoms with Gasteiger partial charge in [-0.05, 0) is 80.0 Å². The Bertz CT molecular complexity index is 1640. The van der Waals surface area contributed by atoms with Crippen LogP contribution in [-0.4, -0.2) is 0 Å². The Hall–Kier alpha value is -3.90. The molecule has 0 N–H and O–H groups in total. The van der Waals surface area contributed by atoms with Crippen LogP contribution in [0, 0.1) is 13.8 Å². The van der Waals surface area contributed by atoms with Crippen molar-refractivity contribution in [3.63, 3.8) is 0 Å². The predicted molar refractivity (Wildman–Crippen MR) is 139 cm³/mol. The zero-order valence-electron chi connectivity index (χ0n) is 18.4. The fourth-order valence-corrected chi connectivity index (χ4v) is 5.11. The van der Waals surface area contributed by atoms with Crippen LogP contribution < -0.4 is 0 Å². The van der Waals surface area contributed by atoms with Gasteiger partial charge in [-0.2, -0.15) is 0 Å². The fourth-order valence-electron chi connectivity index (χ4n) is 5.11. The standard InChI is InChI=1S/C32H24/c1-21-9-7-12-23(19-21)25-17-18-30(28-15-6-5-14-27(25)28)32-26-13-4-3-11-24(26)20-31-22(2)10-8-16-29(31)32/h3-20H,1-2H3. The van der Waals surface area contributed by atoms with Crippen molar-refractivity contribution in [3.8, 4) is 22.3 Å². The summed E-state index contributed by atoms with van der Waals surface area (Å²) in [5.74, 6) is 0. The molecule has 0 aliphatic rings. The topological polar surface area (TPSA) is 0 Å². The first-order valence-electron chi connectivity index (χ1n) is 11.2. The summed E-state index contributed by atoms with van der Waals surface area (Å²) in [7, 11) is 0. The van der Waals surface area contributed by atoms with Gasteiger partial charge < -0.3 is 0 Å². The van der Waals surface area contributed by atoms with E-state index >= 15 is 0 Å². The molecule has 0 fully saturated rings. The van der Waals surface area contributed by atoms with E-state index in [9.17, 15) is 0 Å². The zero-order chi connectivity index (χ0) is 21.7. The minimum atomic E-state index is 1.27. The van der Waals surface area contributed by atoms with Crippen molar-refractivity contribution >= 4 is 32.3 Å². The quantitative estimate of drug-likeness (QED) is 0.251. The van der Waals surface area contributed by atoms with E-state index in [2.05, 4.69) is 123 Å². The summed E-state index contributed by atoms with van der Waals surface area (Å²) < 4.78 is 0. The van der Waals surface area contributed by atoms with E-state index in [1.165, 1.54) is 65.7 Å². The zero-order valence-corrected chi connectivity index (χ0v) is 18.4. The lowest BCUT2D eigenvalue weighted by atomic mass is 9.86. The molecule has 0 saturated carbocycles. The van der Waals surface area contributed by atoms with Crippen LogP contribution in [0.25, 0.3) is 54.6 Å². The molecule has 0 amide bonds.